The quantitative estimate of drug-likeness (QED) is 0.522. The number of hydrazine groups is 1. The number of nitrogens with zero attached hydrogens (tertiary/aromatic N) is 2. The van der Waals surface area contributed by atoms with E-state index in [0.29, 0.717) is 12.5 Å². The number of hydrogen-bond donors (Lipinski definition) is 3. The molecule has 21 heavy (non-hydrogen) atoms. The van der Waals surface area contributed by atoms with Crippen LogP contribution in [0.3, 0.4) is 0 Å². The zero-order valence-corrected chi connectivity index (χ0v) is 13.4. The van der Waals surface area contributed by atoms with Crippen LogP contribution in [0.1, 0.15) is 13.3 Å². The Bertz CT molecular complexity index is 595. The first kappa shape index (κ1) is 16.4. The van der Waals surface area contributed by atoms with Crippen molar-refractivity contribution in [3.63, 3.8) is 0 Å². The molecule has 0 amide bonds. The fraction of sp³-hybridized carbons (Fsp3) is 0.583. The highest BCUT2D eigenvalue weighted by Crippen LogP contribution is 2.22. The lowest BCUT2D eigenvalue weighted by Gasteiger charge is -2.14. The van der Waals surface area contributed by atoms with Crippen molar-refractivity contribution in [3.05, 3.63) is 17.3 Å². The number of nitrogen functional groups attached to an aromatic ring is 1. The van der Waals surface area contributed by atoms with Crippen molar-refractivity contribution in [1.82, 2.24) is 14.6 Å². The van der Waals surface area contributed by atoms with E-state index in [2.05, 4.69) is 27.0 Å². The van der Waals surface area contributed by atoms with Gasteiger partial charge in [0.1, 0.15) is 4.90 Å². The van der Waals surface area contributed by atoms with Crippen LogP contribution < -0.4 is 16.0 Å². The van der Waals surface area contributed by atoms with Gasteiger partial charge in [0.05, 0.1) is 5.02 Å². The highest BCUT2D eigenvalue weighted by atomic mass is 35.5. The molecule has 7 nitrogen and oxygen atoms in total. The topological polar surface area (TPSA) is 100 Å². The van der Waals surface area contributed by atoms with Crippen LogP contribution in [-0.4, -0.2) is 44.5 Å². The zero-order chi connectivity index (χ0) is 15.5. The molecule has 2 heterocycles. The lowest BCUT2D eigenvalue weighted by molar-refractivity contribution is 0.342. The van der Waals surface area contributed by atoms with Crippen LogP contribution >= 0.6 is 11.6 Å². The number of sulfonamides is 1. The predicted molar refractivity (Wildman–Crippen MR) is 82.5 cm³/mol. The van der Waals surface area contributed by atoms with E-state index >= 15 is 0 Å². The van der Waals surface area contributed by atoms with Gasteiger partial charge in [0.2, 0.25) is 10.0 Å². The van der Waals surface area contributed by atoms with Gasteiger partial charge in [-0.2, -0.15) is 0 Å². The van der Waals surface area contributed by atoms with Gasteiger partial charge >= 0.3 is 0 Å². The maximum atomic E-state index is 12.2. The van der Waals surface area contributed by atoms with E-state index in [4.69, 9.17) is 17.4 Å². The Hall–Kier alpha value is -0.930. The van der Waals surface area contributed by atoms with Gasteiger partial charge in [-0.05, 0) is 31.5 Å². The average molecular weight is 334 g/mol. The van der Waals surface area contributed by atoms with Crippen molar-refractivity contribution in [2.24, 2.45) is 11.8 Å². The smallest absolute Gasteiger partial charge is 0.242 e. The summed E-state index contributed by atoms with van der Waals surface area (Å²) in [5, 5.41) is 0.165. The summed E-state index contributed by atoms with van der Waals surface area (Å²) in [5.41, 5.74) is 2.30. The third kappa shape index (κ3) is 4.04. The van der Waals surface area contributed by atoms with Gasteiger partial charge in [-0.15, -0.1) is 0 Å². The van der Waals surface area contributed by atoms with Crippen LogP contribution in [0.15, 0.2) is 17.2 Å². The van der Waals surface area contributed by atoms with E-state index in [1.165, 1.54) is 12.3 Å². The molecule has 1 fully saturated rings. The van der Waals surface area contributed by atoms with Gasteiger partial charge < -0.3 is 10.3 Å². The average Bonchev–Trinajstić information content (AvgIpc) is 2.93. The van der Waals surface area contributed by atoms with Crippen LogP contribution in [0.2, 0.25) is 5.02 Å². The van der Waals surface area contributed by atoms with Crippen molar-refractivity contribution >= 4 is 27.4 Å². The number of aromatic nitrogens is 1. The second-order valence-electron chi connectivity index (χ2n) is 5.05. The highest BCUT2D eigenvalue weighted by molar-refractivity contribution is 7.89. The standard InChI is InChI=1S/C12H20ClN5O2S/c1-2-18-4-3-9(8-18)6-16-21(19,20)10-5-11(13)12(17-14)15-7-10/h5,7,9,16H,2-4,6,8,14H2,1H3,(H,15,17). The molecule has 9 heteroatoms. The molecule has 0 aliphatic carbocycles. The van der Waals surface area contributed by atoms with E-state index in [1.54, 1.807) is 0 Å². The van der Waals surface area contributed by atoms with Gasteiger partial charge in [0.15, 0.2) is 5.82 Å². The number of rotatable bonds is 6. The molecule has 1 aromatic rings. The minimum absolute atomic E-state index is 0.0387. The summed E-state index contributed by atoms with van der Waals surface area (Å²) >= 11 is 5.90. The molecule has 1 saturated heterocycles. The number of halogens is 1. The number of likely N-dealkylation sites (tertiary alicyclic amines) is 1. The van der Waals surface area contributed by atoms with E-state index < -0.39 is 10.0 Å². The third-order valence-electron chi connectivity index (χ3n) is 3.64. The molecular formula is C12H20ClN5O2S. The molecule has 4 N–H and O–H groups in total. The Morgan fingerprint density at radius 2 is 2.33 bits per heavy atom. The van der Waals surface area contributed by atoms with Crippen LogP contribution in [0.4, 0.5) is 5.82 Å². The molecule has 0 aromatic carbocycles. The number of pyridine rings is 1. The first-order chi connectivity index (χ1) is 9.96. The Morgan fingerprint density at radius 3 is 2.90 bits per heavy atom. The van der Waals surface area contributed by atoms with Crippen LogP contribution in [-0.2, 0) is 10.0 Å². The van der Waals surface area contributed by atoms with E-state index in [-0.39, 0.29) is 15.7 Å². The fourth-order valence-electron chi connectivity index (χ4n) is 2.35. The van der Waals surface area contributed by atoms with Crippen LogP contribution in [0.25, 0.3) is 0 Å². The Kier molecular flexibility index (Phi) is 5.39. The predicted octanol–water partition coefficient (Wildman–Crippen LogP) is 0.641. The minimum atomic E-state index is -3.60. The first-order valence-corrected chi connectivity index (χ1v) is 8.66. The normalized spacial score (nSPS) is 19.9. The van der Waals surface area contributed by atoms with Gasteiger partial charge in [-0.1, -0.05) is 18.5 Å². The number of anilines is 1. The van der Waals surface area contributed by atoms with E-state index in [0.717, 1.165) is 26.1 Å². The Labute approximate surface area is 129 Å². The number of hydrogen-bond acceptors (Lipinski definition) is 6. The second-order valence-corrected chi connectivity index (χ2v) is 7.22. The van der Waals surface area contributed by atoms with Crippen molar-refractivity contribution in [2.45, 2.75) is 18.2 Å². The molecule has 118 valence electrons. The monoisotopic (exact) mass is 333 g/mol. The summed E-state index contributed by atoms with van der Waals surface area (Å²) < 4.78 is 27.1. The van der Waals surface area contributed by atoms with Crippen molar-refractivity contribution in [2.75, 3.05) is 31.6 Å². The summed E-state index contributed by atoms with van der Waals surface area (Å²) in [6.07, 6.45) is 2.24. The first-order valence-electron chi connectivity index (χ1n) is 6.80. The summed E-state index contributed by atoms with van der Waals surface area (Å²) in [6, 6.07) is 1.33. The lowest BCUT2D eigenvalue weighted by atomic mass is 10.1. The van der Waals surface area contributed by atoms with Gasteiger partial charge in [0, 0.05) is 19.3 Å². The summed E-state index contributed by atoms with van der Waals surface area (Å²) in [4.78, 5) is 6.22. The molecule has 2 rings (SSSR count). The Morgan fingerprint density at radius 1 is 1.57 bits per heavy atom. The van der Waals surface area contributed by atoms with Gasteiger partial charge in [-0.25, -0.2) is 24.0 Å². The largest absolute Gasteiger partial charge is 0.307 e. The Balaban J connectivity index is 2.00. The number of nitrogens with one attached hydrogen (secondary N) is 2. The molecule has 1 unspecified atom stereocenters. The fourth-order valence-corrected chi connectivity index (χ4v) is 3.72. The van der Waals surface area contributed by atoms with E-state index in [1.807, 2.05) is 0 Å². The maximum absolute atomic E-state index is 12.2. The van der Waals surface area contributed by atoms with Crippen LogP contribution in [0.5, 0.6) is 0 Å². The molecule has 0 saturated carbocycles. The zero-order valence-electron chi connectivity index (χ0n) is 11.8. The second kappa shape index (κ2) is 6.89. The van der Waals surface area contributed by atoms with Gasteiger partial charge in [0.25, 0.3) is 0 Å². The van der Waals surface area contributed by atoms with Crippen LogP contribution in [0, 0.1) is 5.92 Å². The summed E-state index contributed by atoms with van der Waals surface area (Å²) in [7, 11) is -3.60. The lowest BCUT2D eigenvalue weighted by Crippen LogP contribution is -2.31. The molecule has 1 aliphatic heterocycles. The maximum Gasteiger partial charge on any atom is 0.242 e. The van der Waals surface area contributed by atoms with E-state index in [9.17, 15) is 8.42 Å². The van der Waals surface area contributed by atoms with Gasteiger partial charge in [-0.3, -0.25) is 0 Å². The molecule has 0 radical (unpaired) electrons. The van der Waals surface area contributed by atoms with Crippen molar-refractivity contribution in [3.8, 4) is 0 Å². The molecule has 0 spiro atoms. The molecule has 1 aromatic heterocycles. The van der Waals surface area contributed by atoms with Crippen molar-refractivity contribution in [1.29, 1.82) is 0 Å². The third-order valence-corrected chi connectivity index (χ3v) is 5.32. The SMILES string of the molecule is CCN1CCC(CNS(=O)(=O)c2cnc(NN)c(Cl)c2)C1. The number of nitrogens with two attached hydrogens (primary N) is 1. The molecular weight excluding hydrogens is 314 g/mol. The summed E-state index contributed by atoms with van der Waals surface area (Å²) in [6.45, 7) is 5.47. The molecule has 0 bridgehead atoms. The summed E-state index contributed by atoms with van der Waals surface area (Å²) in [5.74, 6) is 5.79. The molecule has 1 atom stereocenters. The minimum Gasteiger partial charge on any atom is -0.307 e. The molecule has 1 aliphatic rings. The van der Waals surface area contributed by atoms with Crippen molar-refractivity contribution < 1.29 is 8.42 Å². The highest BCUT2D eigenvalue weighted by Gasteiger charge is 2.24.